The molecule has 0 aliphatic heterocycles. The second-order valence-electron chi connectivity index (χ2n) is 3.66. The second kappa shape index (κ2) is 4.40. The van der Waals surface area contributed by atoms with Gasteiger partial charge in [0, 0.05) is 6.20 Å². The van der Waals surface area contributed by atoms with E-state index >= 15 is 0 Å². The van der Waals surface area contributed by atoms with Gasteiger partial charge in [-0.3, -0.25) is 4.40 Å². The minimum Gasteiger partial charge on any atom is -0.308 e. The molecule has 0 aromatic carbocycles. The van der Waals surface area contributed by atoms with Crippen LogP contribution >= 0.6 is 0 Å². The third-order valence-corrected chi connectivity index (χ3v) is 2.43. The summed E-state index contributed by atoms with van der Waals surface area (Å²) in [7, 11) is 0. The van der Waals surface area contributed by atoms with Crippen LogP contribution in [0.1, 0.15) is 32.1 Å². The van der Waals surface area contributed by atoms with Crippen LogP contribution in [0.2, 0.25) is 0 Å². The van der Waals surface area contributed by atoms with Crippen molar-refractivity contribution in [2.75, 3.05) is 6.54 Å². The number of nitrogens with zero attached hydrogens (tertiary/aromatic N) is 3. The van der Waals surface area contributed by atoms with Gasteiger partial charge in [-0.05, 0) is 32.0 Å². The van der Waals surface area contributed by atoms with Crippen LogP contribution in [0.3, 0.4) is 0 Å². The smallest absolute Gasteiger partial charge is 0.160 e. The van der Waals surface area contributed by atoms with Crippen LogP contribution in [0.25, 0.3) is 5.65 Å². The Morgan fingerprint density at radius 3 is 3.07 bits per heavy atom. The summed E-state index contributed by atoms with van der Waals surface area (Å²) in [6.07, 6.45) is 3.12. The zero-order chi connectivity index (χ0) is 10.7. The van der Waals surface area contributed by atoms with Crippen LogP contribution in [0.5, 0.6) is 0 Å². The zero-order valence-corrected chi connectivity index (χ0v) is 9.14. The Morgan fingerprint density at radius 1 is 1.40 bits per heavy atom. The summed E-state index contributed by atoms with van der Waals surface area (Å²) in [5.41, 5.74) is 0.901. The Labute approximate surface area is 89.3 Å². The number of fused-ring (bicyclic) bond motifs is 1. The molecule has 2 rings (SSSR count). The monoisotopic (exact) mass is 204 g/mol. The van der Waals surface area contributed by atoms with Gasteiger partial charge in [0.2, 0.25) is 0 Å². The van der Waals surface area contributed by atoms with Gasteiger partial charge >= 0.3 is 0 Å². The number of hydrogen-bond donors (Lipinski definition) is 1. The maximum absolute atomic E-state index is 4.20. The van der Waals surface area contributed by atoms with Crippen molar-refractivity contribution in [2.45, 2.75) is 26.3 Å². The molecule has 4 heteroatoms. The van der Waals surface area contributed by atoms with Gasteiger partial charge in [0.05, 0.1) is 6.04 Å². The first-order valence-corrected chi connectivity index (χ1v) is 5.36. The third-order valence-electron chi connectivity index (χ3n) is 2.43. The molecule has 0 aliphatic rings. The lowest BCUT2D eigenvalue weighted by Crippen LogP contribution is -2.21. The zero-order valence-electron chi connectivity index (χ0n) is 9.14. The molecule has 80 valence electrons. The Balaban J connectivity index is 2.27. The van der Waals surface area contributed by atoms with Crippen molar-refractivity contribution < 1.29 is 0 Å². The molecule has 1 atom stereocenters. The maximum atomic E-state index is 4.20. The highest BCUT2D eigenvalue weighted by molar-refractivity contribution is 5.37. The van der Waals surface area contributed by atoms with E-state index in [2.05, 4.69) is 29.4 Å². The highest BCUT2D eigenvalue weighted by atomic mass is 15.3. The molecule has 15 heavy (non-hydrogen) atoms. The van der Waals surface area contributed by atoms with E-state index in [1.54, 1.807) is 0 Å². The average Bonchev–Trinajstić information content (AvgIpc) is 2.69. The van der Waals surface area contributed by atoms with E-state index in [4.69, 9.17) is 0 Å². The summed E-state index contributed by atoms with van der Waals surface area (Å²) in [4.78, 5) is 0. The van der Waals surface area contributed by atoms with E-state index in [-0.39, 0.29) is 6.04 Å². The van der Waals surface area contributed by atoms with Crippen molar-refractivity contribution in [1.82, 2.24) is 19.9 Å². The van der Waals surface area contributed by atoms with E-state index in [0.717, 1.165) is 24.4 Å². The van der Waals surface area contributed by atoms with Gasteiger partial charge in [-0.15, -0.1) is 10.2 Å². The first-order chi connectivity index (χ1) is 7.33. The van der Waals surface area contributed by atoms with E-state index in [9.17, 15) is 0 Å². The van der Waals surface area contributed by atoms with Crippen molar-refractivity contribution >= 4 is 5.65 Å². The molecule has 0 radical (unpaired) electrons. The molecule has 0 aliphatic carbocycles. The van der Waals surface area contributed by atoms with Crippen molar-refractivity contribution in [2.24, 2.45) is 0 Å². The molecule has 1 N–H and O–H groups in total. The molecule has 0 bridgehead atoms. The fourth-order valence-corrected chi connectivity index (χ4v) is 1.61. The summed E-state index contributed by atoms with van der Waals surface area (Å²) >= 11 is 0. The summed E-state index contributed by atoms with van der Waals surface area (Å²) < 4.78 is 2.02. The number of nitrogens with one attached hydrogen (secondary N) is 1. The Morgan fingerprint density at radius 2 is 2.27 bits per heavy atom. The van der Waals surface area contributed by atoms with Gasteiger partial charge in [-0.1, -0.05) is 13.0 Å². The van der Waals surface area contributed by atoms with Crippen LogP contribution in [0, 0.1) is 0 Å². The first kappa shape index (κ1) is 10.1. The van der Waals surface area contributed by atoms with Crippen LogP contribution < -0.4 is 5.32 Å². The van der Waals surface area contributed by atoms with E-state index < -0.39 is 0 Å². The van der Waals surface area contributed by atoms with Crippen LogP contribution in [-0.2, 0) is 0 Å². The third kappa shape index (κ3) is 1.99. The van der Waals surface area contributed by atoms with Gasteiger partial charge in [0.1, 0.15) is 0 Å². The van der Waals surface area contributed by atoms with Gasteiger partial charge in [0.25, 0.3) is 0 Å². The van der Waals surface area contributed by atoms with Crippen LogP contribution in [0.4, 0.5) is 0 Å². The predicted molar refractivity (Wildman–Crippen MR) is 59.7 cm³/mol. The van der Waals surface area contributed by atoms with E-state index in [1.807, 2.05) is 28.8 Å². The highest BCUT2D eigenvalue weighted by Gasteiger charge is 2.11. The summed E-state index contributed by atoms with van der Waals surface area (Å²) in [5, 5.41) is 11.7. The normalized spacial score (nSPS) is 13.2. The molecule has 1 unspecified atom stereocenters. The van der Waals surface area contributed by atoms with Crippen molar-refractivity contribution in [3.8, 4) is 0 Å². The summed E-state index contributed by atoms with van der Waals surface area (Å²) in [6.45, 7) is 5.27. The van der Waals surface area contributed by atoms with Crippen LogP contribution in [-0.4, -0.2) is 21.1 Å². The van der Waals surface area contributed by atoms with E-state index in [0.29, 0.717) is 0 Å². The molecule has 0 saturated heterocycles. The topological polar surface area (TPSA) is 42.2 Å². The van der Waals surface area contributed by atoms with Gasteiger partial charge in [0.15, 0.2) is 11.5 Å². The second-order valence-corrected chi connectivity index (χ2v) is 3.66. The van der Waals surface area contributed by atoms with E-state index in [1.165, 1.54) is 0 Å². The lowest BCUT2D eigenvalue weighted by atomic mass is 10.3. The first-order valence-electron chi connectivity index (χ1n) is 5.36. The lowest BCUT2D eigenvalue weighted by molar-refractivity contribution is 0.540. The summed E-state index contributed by atoms with van der Waals surface area (Å²) in [5.74, 6) is 0.971. The molecular formula is C11H16N4. The number of aromatic nitrogens is 3. The Bertz CT molecular complexity index is 435. The van der Waals surface area contributed by atoms with Crippen molar-refractivity contribution in [3.05, 3.63) is 30.2 Å². The number of pyridine rings is 1. The molecule has 4 nitrogen and oxygen atoms in total. The van der Waals surface area contributed by atoms with Crippen LogP contribution in [0.15, 0.2) is 24.4 Å². The average molecular weight is 204 g/mol. The van der Waals surface area contributed by atoms with Gasteiger partial charge in [-0.25, -0.2) is 0 Å². The molecule has 0 fully saturated rings. The summed E-state index contributed by atoms with van der Waals surface area (Å²) in [6, 6.07) is 6.16. The fourth-order valence-electron chi connectivity index (χ4n) is 1.61. The minimum absolute atomic E-state index is 0.238. The molecule has 0 amide bonds. The van der Waals surface area contributed by atoms with Crippen molar-refractivity contribution in [3.63, 3.8) is 0 Å². The minimum atomic E-state index is 0.238. The highest BCUT2D eigenvalue weighted by Crippen LogP contribution is 2.11. The molecule has 2 heterocycles. The predicted octanol–water partition coefficient (Wildman–Crippen LogP) is 1.79. The largest absolute Gasteiger partial charge is 0.308 e. The molecule has 2 aromatic rings. The molecule has 0 saturated carbocycles. The molecule has 0 spiro atoms. The maximum Gasteiger partial charge on any atom is 0.160 e. The van der Waals surface area contributed by atoms with Gasteiger partial charge in [-0.2, -0.15) is 0 Å². The van der Waals surface area contributed by atoms with Crippen molar-refractivity contribution in [1.29, 1.82) is 0 Å². The SMILES string of the molecule is CCCNC(C)c1nnc2ccccn12. The standard InChI is InChI=1S/C11H16N4/c1-3-7-12-9(2)11-14-13-10-6-4-5-8-15(10)11/h4-6,8-9,12H,3,7H2,1-2H3. The molecule has 2 aromatic heterocycles. The van der Waals surface area contributed by atoms with Gasteiger partial charge < -0.3 is 5.32 Å². The number of hydrogen-bond acceptors (Lipinski definition) is 3. The number of rotatable bonds is 4. The Hall–Kier alpha value is -1.42. The Kier molecular flexibility index (Phi) is 2.97. The quantitative estimate of drug-likeness (QED) is 0.825. The lowest BCUT2D eigenvalue weighted by Gasteiger charge is -2.10. The fraction of sp³-hybridized carbons (Fsp3) is 0.455. The molecular weight excluding hydrogens is 188 g/mol.